The van der Waals surface area contributed by atoms with Crippen molar-refractivity contribution in [2.24, 2.45) is 5.92 Å². The zero-order valence-corrected chi connectivity index (χ0v) is 10.6. The van der Waals surface area contributed by atoms with Crippen molar-refractivity contribution in [3.05, 3.63) is 29.1 Å². The van der Waals surface area contributed by atoms with Crippen molar-refractivity contribution in [2.45, 2.75) is 19.9 Å². The Bertz CT molecular complexity index is 560. The second-order valence-corrected chi connectivity index (χ2v) is 4.42. The first-order valence-electron chi connectivity index (χ1n) is 5.57. The monoisotopic (exact) mass is 291 g/mol. The number of rotatable bonds is 4. The quantitative estimate of drug-likeness (QED) is 0.736. The first-order chi connectivity index (χ1) is 9.16. The molecule has 5 nitrogen and oxygen atoms in total. The largest absolute Gasteiger partial charge is 0.503 e. The first kappa shape index (κ1) is 15.8. The second-order valence-electron chi connectivity index (χ2n) is 4.42. The summed E-state index contributed by atoms with van der Waals surface area (Å²) < 4.78 is 39.4. The summed E-state index contributed by atoms with van der Waals surface area (Å²) in [6, 6.07) is -1.09. The van der Waals surface area contributed by atoms with E-state index < -0.39 is 52.6 Å². The van der Waals surface area contributed by atoms with Gasteiger partial charge in [0.05, 0.1) is 5.56 Å². The molecular formula is C12H12F3NO4. The van der Waals surface area contributed by atoms with E-state index in [-0.39, 0.29) is 6.07 Å². The van der Waals surface area contributed by atoms with Crippen molar-refractivity contribution >= 4 is 11.9 Å². The number of amides is 1. The maximum Gasteiger partial charge on any atom is 0.326 e. The predicted octanol–water partition coefficient (Wildman–Crippen LogP) is 1.65. The number of hydrogen-bond donors (Lipinski definition) is 3. The minimum Gasteiger partial charge on any atom is -0.503 e. The number of benzene rings is 1. The summed E-state index contributed by atoms with van der Waals surface area (Å²) in [5.41, 5.74) is -0.978. The molecule has 0 bridgehead atoms. The van der Waals surface area contributed by atoms with Gasteiger partial charge in [0.15, 0.2) is 17.4 Å². The Kier molecular flexibility index (Phi) is 4.59. The molecule has 0 fully saturated rings. The van der Waals surface area contributed by atoms with Crippen LogP contribution in [0.2, 0.25) is 0 Å². The molecule has 0 aliphatic heterocycles. The fourth-order valence-electron chi connectivity index (χ4n) is 1.49. The summed E-state index contributed by atoms with van der Waals surface area (Å²) in [5, 5.41) is 19.8. The summed E-state index contributed by atoms with van der Waals surface area (Å²) in [4.78, 5) is 22.6. The molecule has 0 saturated heterocycles. The van der Waals surface area contributed by atoms with Crippen LogP contribution in [0, 0.1) is 23.4 Å². The normalized spacial score (nSPS) is 12.3. The van der Waals surface area contributed by atoms with Gasteiger partial charge in [-0.1, -0.05) is 13.8 Å². The molecule has 0 aromatic heterocycles. The molecule has 1 aromatic rings. The van der Waals surface area contributed by atoms with Crippen molar-refractivity contribution in [1.29, 1.82) is 0 Å². The molecule has 8 heteroatoms. The van der Waals surface area contributed by atoms with Crippen LogP contribution in [0.3, 0.4) is 0 Å². The molecule has 0 aliphatic rings. The Morgan fingerprint density at radius 2 is 1.75 bits per heavy atom. The lowest BCUT2D eigenvalue weighted by Gasteiger charge is -2.18. The topological polar surface area (TPSA) is 86.6 Å². The molecular weight excluding hydrogens is 279 g/mol. The van der Waals surface area contributed by atoms with Gasteiger partial charge in [-0.15, -0.1) is 0 Å². The molecule has 1 rings (SSSR count). The average molecular weight is 291 g/mol. The Morgan fingerprint density at radius 1 is 1.20 bits per heavy atom. The molecule has 0 spiro atoms. The lowest BCUT2D eigenvalue weighted by atomic mass is 10.0. The van der Waals surface area contributed by atoms with Gasteiger partial charge < -0.3 is 15.5 Å². The number of carboxylic acids is 1. The van der Waals surface area contributed by atoms with Crippen molar-refractivity contribution in [3.8, 4) is 5.75 Å². The van der Waals surface area contributed by atoms with E-state index in [2.05, 4.69) is 0 Å². The minimum atomic E-state index is -1.82. The van der Waals surface area contributed by atoms with E-state index in [1.54, 1.807) is 0 Å². The van der Waals surface area contributed by atoms with Crippen LogP contribution in [-0.2, 0) is 4.79 Å². The highest BCUT2D eigenvalue weighted by Crippen LogP contribution is 2.25. The Balaban J connectivity index is 3.13. The molecule has 1 atom stereocenters. The maximum atomic E-state index is 13.5. The number of aromatic hydroxyl groups is 1. The van der Waals surface area contributed by atoms with Crippen LogP contribution < -0.4 is 5.32 Å². The Labute approximate surface area is 112 Å². The van der Waals surface area contributed by atoms with Crippen LogP contribution in [0.4, 0.5) is 13.2 Å². The summed E-state index contributed by atoms with van der Waals surface area (Å²) in [5.74, 6) is -9.87. The van der Waals surface area contributed by atoms with Gasteiger partial charge in [0.25, 0.3) is 5.91 Å². The molecule has 1 amide bonds. The van der Waals surface area contributed by atoms with Gasteiger partial charge in [-0.25, -0.2) is 13.6 Å². The molecule has 3 N–H and O–H groups in total. The maximum absolute atomic E-state index is 13.5. The highest BCUT2D eigenvalue weighted by Gasteiger charge is 2.28. The molecule has 0 aliphatic carbocycles. The van der Waals surface area contributed by atoms with Crippen LogP contribution in [0.5, 0.6) is 5.75 Å². The van der Waals surface area contributed by atoms with Crippen LogP contribution in [0.1, 0.15) is 24.2 Å². The number of aliphatic carboxylic acids is 1. The van der Waals surface area contributed by atoms with Crippen molar-refractivity contribution in [2.75, 3.05) is 0 Å². The second kappa shape index (κ2) is 5.81. The van der Waals surface area contributed by atoms with Crippen molar-refractivity contribution in [1.82, 2.24) is 5.32 Å². The van der Waals surface area contributed by atoms with Crippen molar-refractivity contribution in [3.63, 3.8) is 0 Å². The highest BCUT2D eigenvalue weighted by molar-refractivity contribution is 5.97. The van der Waals surface area contributed by atoms with Gasteiger partial charge >= 0.3 is 5.97 Å². The molecule has 0 radical (unpaired) electrons. The van der Waals surface area contributed by atoms with E-state index in [1.807, 2.05) is 5.32 Å². The SMILES string of the molecule is CC(C)C(NC(=O)c1cc(F)c(F)c(O)c1F)C(=O)O. The lowest BCUT2D eigenvalue weighted by Crippen LogP contribution is -2.44. The van der Waals surface area contributed by atoms with E-state index in [0.717, 1.165) is 0 Å². The number of carbonyl (C=O) groups excluding carboxylic acids is 1. The number of phenols is 1. The van der Waals surface area contributed by atoms with Crippen molar-refractivity contribution < 1.29 is 33.0 Å². The molecule has 110 valence electrons. The highest BCUT2D eigenvalue weighted by atomic mass is 19.2. The fraction of sp³-hybridized carbons (Fsp3) is 0.333. The van der Waals surface area contributed by atoms with Crippen LogP contribution in [-0.4, -0.2) is 28.1 Å². The van der Waals surface area contributed by atoms with Crippen LogP contribution in [0.25, 0.3) is 0 Å². The summed E-state index contributed by atoms with van der Waals surface area (Å²) in [7, 11) is 0. The average Bonchev–Trinajstić information content (AvgIpc) is 2.36. The van der Waals surface area contributed by atoms with Gasteiger partial charge in [-0.05, 0) is 12.0 Å². The van der Waals surface area contributed by atoms with Gasteiger partial charge in [-0.3, -0.25) is 4.79 Å². The summed E-state index contributed by atoms with van der Waals surface area (Å²) in [6.07, 6.45) is 0. The van der Waals surface area contributed by atoms with Gasteiger partial charge in [0.2, 0.25) is 5.82 Å². The summed E-state index contributed by atoms with van der Waals surface area (Å²) >= 11 is 0. The number of nitrogens with one attached hydrogen (secondary N) is 1. The molecule has 1 aromatic carbocycles. The summed E-state index contributed by atoms with van der Waals surface area (Å²) in [6.45, 7) is 3.00. The Hall–Kier alpha value is -2.25. The predicted molar refractivity (Wildman–Crippen MR) is 61.7 cm³/mol. The van der Waals surface area contributed by atoms with E-state index in [4.69, 9.17) is 10.2 Å². The van der Waals surface area contributed by atoms with Crippen LogP contribution >= 0.6 is 0 Å². The van der Waals surface area contributed by atoms with E-state index in [1.165, 1.54) is 13.8 Å². The van der Waals surface area contributed by atoms with E-state index >= 15 is 0 Å². The minimum absolute atomic E-state index is 0.249. The number of hydrogen-bond acceptors (Lipinski definition) is 3. The molecule has 0 saturated carbocycles. The fourth-order valence-corrected chi connectivity index (χ4v) is 1.49. The van der Waals surface area contributed by atoms with E-state index in [0.29, 0.717) is 0 Å². The molecule has 1 unspecified atom stereocenters. The Morgan fingerprint density at radius 3 is 2.20 bits per heavy atom. The zero-order valence-electron chi connectivity index (χ0n) is 10.6. The van der Waals surface area contributed by atoms with E-state index in [9.17, 15) is 22.8 Å². The third kappa shape index (κ3) is 3.01. The lowest BCUT2D eigenvalue weighted by molar-refractivity contribution is -0.140. The van der Waals surface area contributed by atoms with Gasteiger partial charge in [0.1, 0.15) is 6.04 Å². The number of carbonyl (C=O) groups is 2. The number of halogens is 3. The van der Waals surface area contributed by atoms with Gasteiger partial charge in [0, 0.05) is 0 Å². The third-order valence-corrected chi connectivity index (χ3v) is 2.60. The molecule has 0 heterocycles. The first-order valence-corrected chi connectivity index (χ1v) is 5.57. The number of phenolic OH excluding ortho intramolecular Hbond substituents is 1. The smallest absolute Gasteiger partial charge is 0.326 e. The standard InChI is InChI=1S/C12H12F3NO4/c1-4(2)9(12(19)20)16-11(18)5-3-6(13)8(15)10(17)7(5)14/h3-4,9,17H,1-2H3,(H,16,18)(H,19,20). The van der Waals surface area contributed by atoms with Crippen LogP contribution in [0.15, 0.2) is 6.07 Å². The molecule has 20 heavy (non-hydrogen) atoms. The number of carboxylic acid groups (broad SMARTS) is 1. The zero-order chi connectivity index (χ0) is 15.6. The third-order valence-electron chi connectivity index (χ3n) is 2.60. The van der Waals surface area contributed by atoms with Gasteiger partial charge in [-0.2, -0.15) is 4.39 Å².